The zero-order valence-corrected chi connectivity index (χ0v) is 7.75. The third-order valence-corrected chi connectivity index (χ3v) is 2.43. The Labute approximate surface area is 84.9 Å². The second-order valence-electron chi connectivity index (χ2n) is 3.50. The van der Waals surface area contributed by atoms with Crippen LogP contribution in [0.25, 0.3) is 6.08 Å². The number of fused-ring (bicyclic) bond motifs is 1. The van der Waals surface area contributed by atoms with Crippen molar-refractivity contribution in [1.82, 2.24) is 0 Å². The molecule has 0 aromatic heterocycles. The summed E-state index contributed by atoms with van der Waals surface area (Å²) in [6.45, 7) is 0. The van der Waals surface area contributed by atoms with E-state index >= 15 is 0 Å². The fourth-order valence-electron chi connectivity index (χ4n) is 1.64. The minimum absolute atomic E-state index is 0.354. The van der Waals surface area contributed by atoms with E-state index in [9.17, 15) is 18.3 Å². The van der Waals surface area contributed by atoms with Crippen LogP contribution in [-0.2, 0) is 6.18 Å². The number of halogens is 3. The summed E-state index contributed by atoms with van der Waals surface area (Å²) in [7, 11) is 0. The Kier molecular flexibility index (Phi) is 2.31. The van der Waals surface area contributed by atoms with Crippen LogP contribution in [0.1, 0.15) is 29.2 Å². The summed E-state index contributed by atoms with van der Waals surface area (Å²) in [4.78, 5) is 0. The Morgan fingerprint density at radius 3 is 2.67 bits per heavy atom. The third kappa shape index (κ3) is 1.90. The molecule has 1 nitrogen and oxygen atoms in total. The molecule has 0 saturated heterocycles. The SMILES string of the molecule is O[C@@H]1CC=Cc2ccc(C(F)(F)F)cc21. The molecule has 0 radical (unpaired) electrons. The van der Waals surface area contributed by atoms with Gasteiger partial charge < -0.3 is 5.11 Å². The van der Waals surface area contributed by atoms with Gasteiger partial charge in [-0.05, 0) is 29.7 Å². The standard InChI is InChI=1S/C11H9F3O/c12-11(13,14)8-5-4-7-2-1-3-10(15)9(7)6-8/h1-2,4-6,10,15H,3H2/t10-/m1/s1. The molecule has 15 heavy (non-hydrogen) atoms. The quantitative estimate of drug-likeness (QED) is 0.703. The number of hydrogen-bond acceptors (Lipinski definition) is 1. The fourth-order valence-corrected chi connectivity index (χ4v) is 1.64. The highest BCUT2D eigenvalue weighted by Crippen LogP contribution is 2.34. The Hall–Kier alpha value is -1.29. The molecule has 2 rings (SSSR count). The largest absolute Gasteiger partial charge is 0.416 e. The second-order valence-corrected chi connectivity index (χ2v) is 3.50. The highest BCUT2D eigenvalue weighted by molar-refractivity contribution is 5.58. The van der Waals surface area contributed by atoms with Crippen LogP contribution in [0, 0.1) is 0 Å². The van der Waals surface area contributed by atoms with Crippen molar-refractivity contribution in [3.05, 3.63) is 41.0 Å². The highest BCUT2D eigenvalue weighted by Gasteiger charge is 2.31. The van der Waals surface area contributed by atoms with Gasteiger partial charge in [-0.15, -0.1) is 0 Å². The second kappa shape index (κ2) is 3.38. The Bertz CT molecular complexity index is 407. The lowest BCUT2D eigenvalue weighted by Crippen LogP contribution is -2.09. The predicted molar refractivity (Wildman–Crippen MR) is 50.1 cm³/mol. The van der Waals surface area contributed by atoms with E-state index in [2.05, 4.69) is 0 Å². The van der Waals surface area contributed by atoms with Gasteiger partial charge in [0.1, 0.15) is 0 Å². The Balaban J connectivity index is 2.50. The first kappa shape index (κ1) is 10.2. The number of benzene rings is 1. The van der Waals surface area contributed by atoms with E-state index in [1.807, 2.05) is 0 Å². The van der Waals surface area contributed by atoms with Gasteiger partial charge in [-0.1, -0.05) is 18.2 Å². The highest BCUT2D eigenvalue weighted by atomic mass is 19.4. The van der Waals surface area contributed by atoms with Crippen molar-refractivity contribution in [2.24, 2.45) is 0 Å². The van der Waals surface area contributed by atoms with Gasteiger partial charge in [-0.25, -0.2) is 0 Å². The molecule has 0 unspecified atom stereocenters. The Morgan fingerprint density at radius 1 is 1.27 bits per heavy atom. The molecule has 1 aromatic carbocycles. The summed E-state index contributed by atoms with van der Waals surface area (Å²) in [6, 6.07) is 3.43. The maximum atomic E-state index is 12.4. The lowest BCUT2D eigenvalue weighted by molar-refractivity contribution is -0.137. The van der Waals surface area contributed by atoms with Gasteiger partial charge in [0.15, 0.2) is 0 Å². The lowest BCUT2D eigenvalue weighted by Gasteiger charge is -2.18. The minimum atomic E-state index is -4.35. The molecular weight excluding hydrogens is 205 g/mol. The molecule has 0 aliphatic heterocycles. The third-order valence-electron chi connectivity index (χ3n) is 2.43. The number of aliphatic hydroxyl groups is 1. The first-order chi connectivity index (χ1) is 6.98. The number of alkyl halides is 3. The summed E-state index contributed by atoms with van der Waals surface area (Å²) in [5.41, 5.74) is 0.296. The molecule has 1 aliphatic carbocycles. The molecule has 1 N–H and O–H groups in total. The van der Waals surface area contributed by atoms with Crippen molar-refractivity contribution in [3.8, 4) is 0 Å². The lowest BCUT2D eigenvalue weighted by atomic mass is 9.93. The molecular formula is C11H9F3O. The van der Waals surface area contributed by atoms with Crippen molar-refractivity contribution in [2.45, 2.75) is 18.7 Å². The molecule has 0 bridgehead atoms. The van der Waals surface area contributed by atoms with Gasteiger partial charge in [0.2, 0.25) is 0 Å². The van der Waals surface area contributed by atoms with Crippen LogP contribution in [0.4, 0.5) is 13.2 Å². The molecule has 1 atom stereocenters. The smallest absolute Gasteiger partial charge is 0.388 e. The van der Waals surface area contributed by atoms with E-state index in [1.165, 1.54) is 6.07 Å². The van der Waals surface area contributed by atoms with Gasteiger partial charge in [0, 0.05) is 0 Å². The van der Waals surface area contributed by atoms with Crippen LogP contribution >= 0.6 is 0 Å². The van der Waals surface area contributed by atoms with Crippen molar-refractivity contribution >= 4 is 6.08 Å². The van der Waals surface area contributed by atoms with E-state index in [-0.39, 0.29) is 0 Å². The van der Waals surface area contributed by atoms with E-state index in [0.717, 1.165) is 12.1 Å². The van der Waals surface area contributed by atoms with Crippen molar-refractivity contribution in [2.75, 3.05) is 0 Å². The van der Waals surface area contributed by atoms with Crippen LogP contribution < -0.4 is 0 Å². The number of rotatable bonds is 0. The van der Waals surface area contributed by atoms with Crippen molar-refractivity contribution in [1.29, 1.82) is 0 Å². The fraction of sp³-hybridized carbons (Fsp3) is 0.273. The topological polar surface area (TPSA) is 20.2 Å². The van der Waals surface area contributed by atoms with Crippen LogP contribution in [0.5, 0.6) is 0 Å². The molecule has 1 aliphatic rings. The minimum Gasteiger partial charge on any atom is -0.388 e. The summed E-state index contributed by atoms with van der Waals surface area (Å²) in [6.07, 6.45) is -1.33. The van der Waals surface area contributed by atoms with Crippen LogP contribution in [-0.4, -0.2) is 5.11 Å². The van der Waals surface area contributed by atoms with Crippen molar-refractivity contribution in [3.63, 3.8) is 0 Å². The average molecular weight is 214 g/mol. The maximum absolute atomic E-state index is 12.4. The summed E-state index contributed by atoms with van der Waals surface area (Å²) < 4.78 is 37.2. The predicted octanol–water partition coefficient (Wildman–Crippen LogP) is 3.16. The molecule has 0 saturated carbocycles. The van der Waals surface area contributed by atoms with E-state index in [1.54, 1.807) is 12.2 Å². The molecule has 4 heteroatoms. The number of aliphatic hydroxyl groups excluding tert-OH is 1. The zero-order chi connectivity index (χ0) is 11.1. The van der Waals surface area contributed by atoms with E-state index in [4.69, 9.17) is 0 Å². The van der Waals surface area contributed by atoms with E-state index in [0.29, 0.717) is 17.5 Å². The molecule has 0 amide bonds. The first-order valence-corrected chi connectivity index (χ1v) is 4.54. The normalized spacial score (nSPS) is 20.1. The number of hydrogen-bond donors (Lipinski definition) is 1. The molecule has 80 valence electrons. The first-order valence-electron chi connectivity index (χ1n) is 4.54. The van der Waals surface area contributed by atoms with Gasteiger partial charge in [-0.3, -0.25) is 0 Å². The molecule has 1 aromatic rings. The van der Waals surface area contributed by atoms with Gasteiger partial charge in [0.05, 0.1) is 11.7 Å². The van der Waals surface area contributed by atoms with Gasteiger partial charge in [0.25, 0.3) is 0 Å². The summed E-state index contributed by atoms with van der Waals surface area (Å²) in [5.74, 6) is 0. The molecule has 0 fully saturated rings. The molecule has 0 heterocycles. The van der Waals surface area contributed by atoms with Gasteiger partial charge in [-0.2, -0.15) is 13.2 Å². The van der Waals surface area contributed by atoms with Crippen molar-refractivity contribution < 1.29 is 18.3 Å². The van der Waals surface area contributed by atoms with Crippen LogP contribution in [0.3, 0.4) is 0 Å². The Morgan fingerprint density at radius 2 is 2.00 bits per heavy atom. The average Bonchev–Trinajstić information content (AvgIpc) is 2.16. The summed E-state index contributed by atoms with van der Waals surface area (Å²) in [5, 5.41) is 9.53. The summed E-state index contributed by atoms with van der Waals surface area (Å²) >= 11 is 0. The van der Waals surface area contributed by atoms with Crippen LogP contribution in [0.2, 0.25) is 0 Å². The van der Waals surface area contributed by atoms with Gasteiger partial charge >= 0.3 is 6.18 Å². The van der Waals surface area contributed by atoms with Crippen LogP contribution in [0.15, 0.2) is 24.3 Å². The maximum Gasteiger partial charge on any atom is 0.416 e. The van der Waals surface area contributed by atoms with E-state index < -0.39 is 17.8 Å². The zero-order valence-electron chi connectivity index (χ0n) is 7.75. The molecule has 0 spiro atoms. The monoisotopic (exact) mass is 214 g/mol.